The number of rotatable bonds is 3. The van der Waals surface area contributed by atoms with E-state index in [1.807, 2.05) is 0 Å². The van der Waals surface area contributed by atoms with Crippen LogP contribution in [0.4, 0.5) is 5.69 Å². The van der Waals surface area contributed by atoms with Gasteiger partial charge in [-0.15, -0.1) is 0 Å². The number of benzene rings is 1. The zero-order chi connectivity index (χ0) is 13.4. The van der Waals surface area contributed by atoms with E-state index in [0.717, 1.165) is 18.5 Å². The second-order valence-corrected chi connectivity index (χ2v) is 6.06. The molecule has 2 fully saturated rings. The third kappa shape index (κ3) is 2.88. The van der Waals surface area contributed by atoms with Gasteiger partial charge in [0.1, 0.15) is 0 Å². The molecule has 102 valence electrons. The van der Waals surface area contributed by atoms with Gasteiger partial charge in [-0.3, -0.25) is 4.79 Å². The number of piperidine rings is 1. The van der Waals surface area contributed by atoms with Crippen LogP contribution in [0.5, 0.6) is 0 Å². The third-order valence-corrected chi connectivity index (χ3v) is 4.21. The van der Waals surface area contributed by atoms with E-state index in [4.69, 9.17) is 23.2 Å². The molecule has 1 aromatic rings. The molecule has 0 bridgehead atoms. The molecule has 2 aliphatic rings. The molecule has 3 nitrogen and oxygen atoms in total. The van der Waals surface area contributed by atoms with E-state index >= 15 is 0 Å². The van der Waals surface area contributed by atoms with Gasteiger partial charge in [0.05, 0.1) is 16.8 Å². The monoisotopic (exact) mass is 298 g/mol. The second kappa shape index (κ2) is 5.31. The van der Waals surface area contributed by atoms with Crippen LogP contribution in [-0.4, -0.2) is 24.5 Å². The van der Waals surface area contributed by atoms with Crippen LogP contribution in [0.3, 0.4) is 0 Å². The lowest BCUT2D eigenvalue weighted by Crippen LogP contribution is -2.51. The van der Waals surface area contributed by atoms with E-state index in [0.29, 0.717) is 22.6 Å². The highest BCUT2D eigenvalue weighted by Gasteiger charge is 2.34. The van der Waals surface area contributed by atoms with Gasteiger partial charge in [0.15, 0.2) is 0 Å². The number of amides is 1. The number of anilines is 1. The van der Waals surface area contributed by atoms with Gasteiger partial charge in [-0.2, -0.15) is 0 Å². The molecule has 1 amide bonds. The summed E-state index contributed by atoms with van der Waals surface area (Å²) < 4.78 is 0. The molecule has 1 N–H and O–H groups in total. The first-order chi connectivity index (χ1) is 9.15. The summed E-state index contributed by atoms with van der Waals surface area (Å²) in [6, 6.07) is 5.70. The molecule has 1 aliphatic carbocycles. The van der Waals surface area contributed by atoms with Gasteiger partial charge in [-0.25, -0.2) is 0 Å². The molecule has 0 radical (unpaired) electrons. The third-order valence-electron chi connectivity index (χ3n) is 3.65. The fourth-order valence-electron chi connectivity index (χ4n) is 2.50. The topological polar surface area (TPSA) is 32.3 Å². The van der Waals surface area contributed by atoms with E-state index in [1.54, 1.807) is 23.1 Å². The second-order valence-electron chi connectivity index (χ2n) is 5.22. The molecule has 1 heterocycles. The first-order valence-corrected chi connectivity index (χ1v) is 7.43. The van der Waals surface area contributed by atoms with Crippen molar-refractivity contribution in [1.82, 2.24) is 5.32 Å². The lowest BCUT2D eigenvalue weighted by atomic mass is 10.0. The van der Waals surface area contributed by atoms with Crippen LogP contribution in [0.25, 0.3) is 0 Å². The zero-order valence-corrected chi connectivity index (χ0v) is 12.0. The smallest absolute Gasteiger partial charge is 0.244 e. The van der Waals surface area contributed by atoms with Crippen molar-refractivity contribution >= 4 is 34.8 Å². The molecular weight excluding hydrogens is 283 g/mol. The Kier molecular flexibility index (Phi) is 3.70. The zero-order valence-electron chi connectivity index (χ0n) is 10.5. The van der Waals surface area contributed by atoms with E-state index < -0.39 is 0 Å². The Bertz CT molecular complexity index is 502. The quantitative estimate of drug-likeness (QED) is 0.929. The maximum absolute atomic E-state index is 12.5. The van der Waals surface area contributed by atoms with Crippen LogP contribution < -0.4 is 10.2 Å². The molecule has 0 spiro atoms. The Morgan fingerprint density at radius 3 is 2.74 bits per heavy atom. The normalized spacial score (nSPS) is 23.8. The highest BCUT2D eigenvalue weighted by atomic mass is 35.5. The molecular formula is C14H16Cl2N2O. The number of hydrogen-bond donors (Lipinski definition) is 1. The van der Waals surface area contributed by atoms with Gasteiger partial charge >= 0.3 is 0 Å². The molecule has 1 saturated heterocycles. The van der Waals surface area contributed by atoms with Crippen LogP contribution >= 0.6 is 23.2 Å². The van der Waals surface area contributed by atoms with Crippen molar-refractivity contribution in [2.45, 2.75) is 37.8 Å². The van der Waals surface area contributed by atoms with Gasteiger partial charge in [-0.1, -0.05) is 23.2 Å². The predicted octanol–water partition coefficient (Wildman–Crippen LogP) is 3.24. The largest absolute Gasteiger partial charge is 0.310 e. The van der Waals surface area contributed by atoms with E-state index in [9.17, 15) is 4.79 Å². The number of halogens is 2. The van der Waals surface area contributed by atoms with Crippen molar-refractivity contribution < 1.29 is 4.79 Å². The summed E-state index contributed by atoms with van der Waals surface area (Å²) in [5.41, 5.74) is 0.724. The fourth-order valence-corrected chi connectivity index (χ4v) is 2.88. The van der Waals surface area contributed by atoms with Crippen molar-refractivity contribution in [2.75, 3.05) is 11.4 Å². The molecule has 0 aromatic heterocycles. The SMILES string of the molecule is O=C1C(NC2CC2)CCCN1c1cc(Cl)ccc1Cl. The lowest BCUT2D eigenvalue weighted by Gasteiger charge is -2.33. The Hall–Kier alpha value is -0.770. The van der Waals surface area contributed by atoms with Crippen molar-refractivity contribution in [3.05, 3.63) is 28.2 Å². The fraction of sp³-hybridized carbons (Fsp3) is 0.500. The number of nitrogens with zero attached hydrogens (tertiary/aromatic N) is 1. The number of carbonyl (C=O) groups is 1. The first-order valence-electron chi connectivity index (χ1n) is 6.67. The van der Waals surface area contributed by atoms with E-state index in [1.165, 1.54) is 12.8 Å². The van der Waals surface area contributed by atoms with Crippen LogP contribution in [0.2, 0.25) is 10.0 Å². The van der Waals surface area contributed by atoms with Crippen molar-refractivity contribution in [1.29, 1.82) is 0 Å². The number of carbonyl (C=O) groups excluding carboxylic acids is 1. The summed E-state index contributed by atoms with van der Waals surface area (Å²) in [7, 11) is 0. The summed E-state index contributed by atoms with van der Waals surface area (Å²) in [6.45, 7) is 0.710. The van der Waals surface area contributed by atoms with Gasteiger partial charge in [-0.05, 0) is 43.9 Å². The van der Waals surface area contributed by atoms with Gasteiger partial charge < -0.3 is 10.2 Å². The van der Waals surface area contributed by atoms with Crippen molar-refractivity contribution in [2.24, 2.45) is 0 Å². The Labute approximate surface area is 122 Å². The highest BCUT2D eigenvalue weighted by Crippen LogP contribution is 2.32. The maximum Gasteiger partial charge on any atom is 0.244 e. The summed E-state index contributed by atoms with van der Waals surface area (Å²) in [5, 5.41) is 4.58. The Balaban J connectivity index is 1.82. The molecule has 3 rings (SSSR count). The molecule has 1 unspecified atom stereocenters. The summed E-state index contributed by atoms with van der Waals surface area (Å²) in [4.78, 5) is 14.3. The van der Waals surface area contributed by atoms with Crippen LogP contribution in [0.1, 0.15) is 25.7 Å². The van der Waals surface area contributed by atoms with Crippen molar-refractivity contribution in [3.63, 3.8) is 0 Å². The van der Waals surface area contributed by atoms with Gasteiger partial charge in [0, 0.05) is 17.6 Å². The molecule has 5 heteroatoms. The minimum atomic E-state index is -0.0729. The van der Waals surface area contributed by atoms with Crippen LogP contribution in [0.15, 0.2) is 18.2 Å². The standard InChI is InChI=1S/C14H16Cl2N2O/c15-9-3-6-11(16)13(8-9)18-7-1-2-12(14(18)19)17-10-4-5-10/h3,6,8,10,12,17H,1-2,4-5,7H2. The Morgan fingerprint density at radius 2 is 2.00 bits per heavy atom. The van der Waals surface area contributed by atoms with E-state index in [2.05, 4.69) is 5.32 Å². The minimum absolute atomic E-state index is 0.0729. The minimum Gasteiger partial charge on any atom is -0.310 e. The first kappa shape index (κ1) is 13.2. The van der Waals surface area contributed by atoms with Crippen molar-refractivity contribution in [3.8, 4) is 0 Å². The molecule has 19 heavy (non-hydrogen) atoms. The van der Waals surface area contributed by atoms with E-state index in [-0.39, 0.29) is 11.9 Å². The average Bonchev–Trinajstić information content (AvgIpc) is 3.19. The predicted molar refractivity (Wildman–Crippen MR) is 78.0 cm³/mol. The maximum atomic E-state index is 12.5. The Morgan fingerprint density at radius 1 is 1.21 bits per heavy atom. The number of nitrogens with one attached hydrogen (secondary N) is 1. The van der Waals surface area contributed by atoms with Crippen LogP contribution in [0, 0.1) is 0 Å². The van der Waals surface area contributed by atoms with Gasteiger partial charge in [0.25, 0.3) is 0 Å². The number of hydrogen-bond acceptors (Lipinski definition) is 2. The summed E-state index contributed by atoms with van der Waals surface area (Å²) in [5.74, 6) is 0.113. The molecule has 1 aliphatic heterocycles. The lowest BCUT2D eigenvalue weighted by molar-refractivity contribution is -0.121. The summed E-state index contributed by atoms with van der Waals surface area (Å²) >= 11 is 12.2. The molecule has 1 atom stereocenters. The average molecular weight is 299 g/mol. The summed E-state index contributed by atoms with van der Waals surface area (Å²) in [6.07, 6.45) is 4.26. The van der Waals surface area contributed by atoms with Gasteiger partial charge in [0.2, 0.25) is 5.91 Å². The highest BCUT2D eigenvalue weighted by molar-refractivity contribution is 6.35. The molecule has 1 saturated carbocycles. The molecule has 1 aromatic carbocycles. The van der Waals surface area contributed by atoms with Crippen LogP contribution in [-0.2, 0) is 4.79 Å².